The predicted octanol–water partition coefficient (Wildman–Crippen LogP) is 4.60. The van der Waals surface area contributed by atoms with Gasteiger partial charge in [-0.3, -0.25) is 10.1 Å². The van der Waals surface area contributed by atoms with Crippen molar-refractivity contribution in [3.8, 4) is 23.0 Å². The molecule has 10 nitrogen and oxygen atoms in total. The van der Waals surface area contributed by atoms with Gasteiger partial charge in [-0.25, -0.2) is 8.42 Å². The molecule has 36 heavy (non-hydrogen) atoms. The smallest absolute Gasteiger partial charge is 0.322 e. The zero-order chi connectivity index (χ0) is 26.1. The quantitative estimate of drug-likeness (QED) is 0.350. The molecule has 0 fully saturated rings. The van der Waals surface area contributed by atoms with Crippen molar-refractivity contribution in [2.75, 3.05) is 32.6 Å². The van der Waals surface area contributed by atoms with Gasteiger partial charge in [0.1, 0.15) is 11.5 Å². The molecular formula is C25H32N4O6S. The number of benzene rings is 2. The molecule has 1 heterocycles. The molecule has 0 bridgehead atoms. The summed E-state index contributed by atoms with van der Waals surface area (Å²) in [7, 11) is -0.585. The highest BCUT2D eigenvalue weighted by Crippen LogP contribution is 2.29. The maximum Gasteiger partial charge on any atom is 0.322 e. The third-order valence-electron chi connectivity index (χ3n) is 5.52. The van der Waals surface area contributed by atoms with Gasteiger partial charge in [0.25, 0.3) is 5.91 Å². The molecular weight excluding hydrogens is 484 g/mol. The van der Waals surface area contributed by atoms with Crippen LogP contribution in [0.2, 0.25) is 0 Å². The molecule has 0 radical (unpaired) electrons. The number of hydrogen-bond acceptors (Lipinski definition) is 8. The van der Waals surface area contributed by atoms with Crippen LogP contribution >= 0.6 is 0 Å². The van der Waals surface area contributed by atoms with Crippen LogP contribution in [0, 0.1) is 0 Å². The molecule has 0 atom stereocenters. The highest BCUT2D eigenvalue weighted by molar-refractivity contribution is 7.89. The summed E-state index contributed by atoms with van der Waals surface area (Å²) in [4.78, 5) is 12.9. The van der Waals surface area contributed by atoms with E-state index < -0.39 is 15.9 Å². The number of nitrogens with zero attached hydrogens (tertiary/aromatic N) is 3. The molecule has 0 saturated heterocycles. The lowest BCUT2D eigenvalue weighted by Gasteiger charge is -2.22. The van der Waals surface area contributed by atoms with Crippen molar-refractivity contribution in [2.45, 2.75) is 44.4 Å². The number of hydrogen-bond donors (Lipinski definition) is 1. The van der Waals surface area contributed by atoms with Crippen LogP contribution in [0.15, 0.2) is 51.8 Å². The molecule has 1 N–H and O–H groups in total. The van der Waals surface area contributed by atoms with Crippen LogP contribution in [0.3, 0.4) is 0 Å². The van der Waals surface area contributed by atoms with Gasteiger partial charge in [0.2, 0.25) is 15.9 Å². The van der Waals surface area contributed by atoms with Crippen molar-refractivity contribution in [1.29, 1.82) is 0 Å². The molecule has 0 aliphatic heterocycles. The highest BCUT2D eigenvalue weighted by atomic mass is 32.2. The minimum absolute atomic E-state index is 0.0983. The van der Waals surface area contributed by atoms with Gasteiger partial charge in [-0.1, -0.05) is 31.8 Å². The van der Waals surface area contributed by atoms with E-state index in [0.717, 1.165) is 25.7 Å². The topological polar surface area (TPSA) is 124 Å². The summed E-state index contributed by atoms with van der Waals surface area (Å²) in [5.74, 6) is 0.756. The normalized spacial score (nSPS) is 11.5. The van der Waals surface area contributed by atoms with E-state index in [9.17, 15) is 13.2 Å². The molecule has 1 aromatic heterocycles. The van der Waals surface area contributed by atoms with Crippen molar-refractivity contribution < 1.29 is 27.1 Å². The zero-order valence-corrected chi connectivity index (χ0v) is 21.8. The van der Waals surface area contributed by atoms with E-state index in [-0.39, 0.29) is 22.4 Å². The highest BCUT2D eigenvalue weighted by Gasteiger charge is 2.24. The number of nitrogens with one attached hydrogen (secondary N) is 1. The summed E-state index contributed by atoms with van der Waals surface area (Å²) in [6, 6.07) is 10.8. The van der Waals surface area contributed by atoms with Crippen LogP contribution in [0.5, 0.6) is 11.5 Å². The Morgan fingerprint density at radius 2 is 1.53 bits per heavy atom. The van der Waals surface area contributed by atoms with Gasteiger partial charge in [0, 0.05) is 30.3 Å². The number of anilines is 1. The number of unbranched alkanes of at least 4 members (excludes halogenated alkanes) is 2. The van der Waals surface area contributed by atoms with Gasteiger partial charge in [-0.15, -0.1) is 5.10 Å². The molecule has 0 saturated carbocycles. The molecule has 3 aromatic rings. The van der Waals surface area contributed by atoms with Crippen molar-refractivity contribution in [2.24, 2.45) is 0 Å². The summed E-state index contributed by atoms with van der Waals surface area (Å²) >= 11 is 0. The van der Waals surface area contributed by atoms with Crippen LogP contribution in [0.4, 0.5) is 6.01 Å². The molecule has 0 spiro atoms. The number of ether oxygens (including phenoxy) is 2. The molecule has 11 heteroatoms. The summed E-state index contributed by atoms with van der Waals surface area (Å²) in [6.07, 6.45) is 3.39. The van der Waals surface area contributed by atoms with Crippen molar-refractivity contribution in [3.63, 3.8) is 0 Å². The number of amides is 1. The first-order valence-electron chi connectivity index (χ1n) is 11.8. The van der Waals surface area contributed by atoms with E-state index in [1.807, 2.05) is 13.8 Å². The van der Waals surface area contributed by atoms with Gasteiger partial charge in [-0.05, 0) is 49.2 Å². The fourth-order valence-electron chi connectivity index (χ4n) is 3.44. The number of methoxy groups -OCH3 is 2. The maximum atomic E-state index is 13.1. The number of sulfonamides is 1. The second-order valence-electron chi connectivity index (χ2n) is 8.10. The zero-order valence-electron chi connectivity index (χ0n) is 21.0. The average molecular weight is 517 g/mol. The third kappa shape index (κ3) is 6.61. The summed E-state index contributed by atoms with van der Waals surface area (Å²) in [6.45, 7) is 5.00. The Bertz CT molecular complexity index is 1230. The molecule has 3 rings (SSSR count). The average Bonchev–Trinajstić information content (AvgIpc) is 3.36. The van der Waals surface area contributed by atoms with E-state index in [0.29, 0.717) is 30.2 Å². The lowest BCUT2D eigenvalue weighted by atomic mass is 10.2. The molecule has 1 amide bonds. The Balaban J connectivity index is 1.73. The van der Waals surface area contributed by atoms with E-state index in [1.165, 1.54) is 42.8 Å². The van der Waals surface area contributed by atoms with Crippen LogP contribution in [0.25, 0.3) is 11.5 Å². The first-order chi connectivity index (χ1) is 17.3. The van der Waals surface area contributed by atoms with Crippen LogP contribution in [-0.2, 0) is 10.0 Å². The molecule has 0 aliphatic carbocycles. The lowest BCUT2D eigenvalue weighted by Crippen LogP contribution is -2.33. The van der Waals surface area contributed by atoms with Gasteiger partial charge < -0.3 is 13.9 Å². The van der Waals surface area contributed by atoms with Crippen molar-refractivity contribution >= 4 is 21.9 Å². The monoisotopic (exact) mass is 516 g/mol. The van der Waals surface area contributed by atoms with Crippen molar-refractivity contribution in [3.05, 3.63) is 48.0 Å². The first-order valence-corrected chi connectivity index (χ1v) is 13.2. The predicted molar refractivity (Wildman–Crippen MR) is 136 cm³/mol. The fraction of sp³-hybridized carbons (Fsp3) is 0.400. The van der Waals surface area contributed by atoms with E-state index in [2.05, 4.69) is 15.5 Å². The molecule has 194 valence electrons. The standard InChI is InChI=1S/C25H32N4O6S/c1-5-7-13-29(14-8-6-2)36(31,32)22-11-9-18(10-12-22)23(30)26-25-28-27-24(35-25)19-15-20(33-3)17-21(16-19)34-4/h9-12,15-17H,5-8,13-14H2,1-4H3,(H,26,28,30). The first kappa shape index (κ1) is 27.2. The van der Waals surface area contributed by atoms with E-state index in [4.69, 9.17) is 13.9 Å². The van der Waals surface area contributed by atoms with Gasteiger partial charge in [0.15, 0.2) is 0 Å². The van der Waals surface area contributed by atoms with E-state index in [1.54, 1.807) is 18.2 Å². The Morgan fingerprint density at radius 3 is 2.06 bits per heavy atom. The Hall–Kier alpha value is -3.44. The van der Waals surface area contributed by atoms with Gasteiger partial charge in [-0.2, -0.15) is 4.31 Å². The fourth-order valence-corrected chi connectivity index (χ4v) is 4.96. The van der Waals surface area contributed by atoms with Gasteiger partial charge >= 0.3 is 6.01 Å². The minimum Gasteiger partial charge on any atom is -0.497 e. The molecule has 0 aliphatic rings. The molecule has 2 aromatic carbocycles. The summed E-state index contributed by atoms with van der Waals surface area (Å²) in [5, 5.41) is 10.4. The largest absolute Gasteiger partial charge is 0.497 e. The summed E-state index contributed by atoms with van der Waals surface area (Å²) < 4.78 is 43.8. The SMILES string of the molecule is CCCCN(CCCC)S(=O)(=O)c1ccc(C(=O)Nc2nnc(-c3cc(OC)cc(OC)c3)o2)cc1. The van der Waals surface area contributed by atoms with Gasteiger partial charge in [0.05, 0.1) is 19.1 Å². The van der Waals surface area contributed by atoms with Crippen LogP contribution in [-0.4, -0.2) is 56.1 Å². The van der Waals surface area contributed by atoms with E-state index >= 15 is 0 Å². The second kappa shape index (κ2) is 12.5. The van der Waals surface area contributed by atoms with Crippen molar-refractivity contribution in [1.82, 2.24) is 14.5 Å². The molecule has 0 unspecified atom stereocenters. The number of aromatic nitrogens is 2. The third-order valence-corrected chi connectivity index (χ3v) is 7.43. The lowest BCUT2D eigenvalue weighted by molar-refractivity contribution is 0.102. The summed E-state index contributed by atoms with van der Waals surface area (Å²) in [5.41, 5.74) is 0.815. The number of carbonyl (C=O) groups is 1. The number of rotatable bonds is 13. The maximum absolute atomic E-state index is 13.1. The van der Waals surface area contributed by atoms with Crippen LogP contribution < -0.4 is 14.8 Å². The Morgan fingerprint density at radius 1 is 0.944 bits per heavy atom. The number of carbonyl (C=O) groups excluding carboxylic acids is 1. The Labute approximate surface area is 211 Å². The Kier molecular flexibility index (Phi) is 9.43. The second-order valence-corrected chi connectivity index (χ2v) is 10.0. The van der Waals surface area contributed by atoms with Crippen LogP contribution in [0.1, 0.15) is 49.9 Å². The minimum atomic E-state index is -3.65.